The average Bonchev–Trinajstić information content (AvgIpc) is 2.42. The van der Waals surface area contributed by atoms with Crippen molar-refractivity contribution < 1.29 is 9.90 Å². The third-order valence-electron chi connectivity index (χ3n) is 4.37. The second kappa shape index (κ2) is 5.81. The van der Waals surface area contributed by atoms with Crippen LogP contribution in [0.3, 0.4) is 0 Å². The molecule has 0 saturated carbocycles. The SMILES string of the molecule is CCc1cc(C(=O)O)cc(N2CC(C)CC(C)C2C)n1. The van der Waals surface area contributed by atoms with Gasteiger partial charge in [-0.3, -0.25) is 0 Å². The predicted molar refractivity (Wildman–Crippen MR) is 80.3 cm³/mol. The fraction of sp³-hybridized carbons (Fsp3) is 0.625. The molecular weight excluding hydrogens is 252 g/mol. The Labute approximate surface area is 120 Å². The lowest BCUT2D eigenvalue weighted by molar-refractivity contribution is 0.0696. The third-order valence-corrected chi connectivity index (χ3v) is 4.37. The Kier molecular flexibility index (Phi) is 4.31. The number of carboxylic acid groups (broad SMARTS) is 1. The number of hydrogen-bond donors (Lipinski definition) is 1. The number of aryl methyl sites for hydroxylation is 1. The van der Waals surface area contributed by atoms with Gasteiger partial charge in [-0.15, -0.1) is 0 Å². The van der Waals surface area contributed by atoms with E-state index in [4.69, 9.17) is 0 Å². The molecule has 1 aliphatic rings. The summed E-state index contributed by atoms with van der Waals surface area (Å²) in [5.41, 5.74) is 1.18. The van der Waals surface area contributed by atoms with Crippen molar-refractivity contribution in [3.63, 3.8) is 0 Å². The van der Waals surface area contributed by atoms with Gasteiger partial charge in [-0.05, 0) is 43.7 Å². The third kappa shape index (κ3) is 2.94. The molecule has 20 heavy (non-hydrogen) atoms. The lowest BCUT2D eigenvalue weighted by atomic mass is 9.86. The number of anilines is 1. The van der Waals surface area contributed by atoms with E-state index in [9.17, 15) is 9.90 Å². The maximum atomic E-state index is 11.3. The molecule has 0 spiro atoms. The van der Waals surface area contributed by atoms with Crippen LogP contribution < -0.4 is 4.90 Å². The van der Waals surface area contributed by atoms with E-state index in [2.05, 4.69) is 30.7 Å². The zero-order chi connectivity index (χ0) is 14.9. The molecule has 1 N–H and O–H groups in total. The molecule has 110 valence electrons. The van der Waals surface area contributed by atoms with Crippen molar-refractivity contribution in [3.05, 3.63) is 23.4 Å². The molecule has 0 radical (unpaired) electrons. The Morgan fingerprint density at radius 3 is 2.70 bits per heavy atom. The highest BCUT2D eigenvalue weighted by Gasteiger charge is 2.30. The van der Waals surface area contributed by atoms with Gasteiger partial charge in [-0.1, -0.05) is 20.8 Å². The number of nitrogens with zero attached hydrogens (tertiary/aromatic N) is 2. The molecule has 1 aromatic heterocycles. The topological polar surface area (TPSA) is 53.4 Å². The zero-order valence-electron chi connectivity index (χ0n) is 12.8. The van der Waals surface area contributed by atoms with Gasteiger partial charge in [-0.2, -0.15) is 0 Å². The van der Waals surface area contributed by atoms with E-state index < -0.39 is 5.97 Å². The van der Waals surface area contributed by atoms with Crippen LogP contribution >= 0.6 is 0 Å². The first-order chi connectivity index (χ1) is 9.42. The first kappa shape index (κ1) is 14.8. The molecular formula is C16H24N2O2. The minimum absolute atomic E-state index is 0.338. The van der Waals surface area contributed by atoms with Crippen LogP contribution in [-0.4, -0.2) is 28.6 Å². The highest BCUT2D eigenvalue weighted by atomic mass is 16.4. The molecule has 1 aliphatic heterocycles. The van der Waals surface area contributed by atoms with Crippen LogP contribution in [0, 0.1) is 11.8 Å². The van der Waals surface area contributed by atoms with Crippen LogP contribution in [0.4, 0.5) is 5.82 Å². The number of hydrogen-bond acceptors (Lipinski definition) is 3. The van der Waals surface area contributed by atoms with E-state index in [1.165, 1.54) is 6.42 Å². The van der Waals surface area contributed by atoms with Gasteiger partial charge in [-0.25, -0.2) is 9.78 Å². The summed E-state index contributed by atoms with van der Waals surface area (Å²) in [5.74, 6) is 1.14. The Bertz CT molecular complexity index is 501. The average molecular weight is 276 g/mol. The quantitative estimate of drug-likeness (QED) is 0.921. The highest BCUT2D eigenvalue weighted by Crippen LogP contribution is 2.31. The highest BCUT2D eigenvalue weighted by molar-refractivity contribution is 5.88. The fourth-order valence-corrected chi connectivity index (χ4v) is 3.04. The summed E-state index contributed by atoms with van der Waals surface area (Å²) >= 11 is 0. The second-order valence-electron chi connectivity index (χ2n) is 6.08. The van der Waals surface area contributed by atoms with Crippen LogP contribution in [0.15, 0.2) is 12.1 Å². The molecule has 0 aromatic carbocycles. The molecule has 4 nitrogen and oxygen atoms in total. The maximum absolute atomic E-state index is 11.3. The van der Waals surface area contributed by atoms with E-state index in [-0.39, 0.29) is 0 Å². The van der Waals surface area contributed by atoms with E-state index in [0.717, 1.165) is 24.5 Å². The molecule has 3 unspecified atom stereocenters. The lowest BCUT2D eigenvalue weighted by Gasteiger charge is -2.42. The first-order valence-corrected chi connectivity index (χ1v) is 7.43. The molecule has 2 rings (SSSR count). The summed E-state index contributed by atoms with van der Waals surface area (Å²) in [4.78, 5) is 18.2. The van der Waals surface area contributed by atoms with Crippen molar-refractivity contribution in [3.8, 4) is 0 Å². The van der Waals surface area contributed by atoms with Gasteiger partial charge in [0, 0.05) is 18.3 Å². The van der Waals surface area contributed by atoms with Crippen molar-refractivity contribution in [1.29, 1.82) is 0 Å². The Morgan fingerprint density at radius 2 is 2.10 bits per heavy atom. The van der Waals surface area contributed by atoms with Crippen LogP contribution in [0.2, 0.25) is 0 Å². The van der Waals surface area contributed by atoms with Gasteiger partial charge in [0.05, 0.1) is 5.56 Å². The van der Waals surface area contributed by atoms with E-state index in [1.54, 1.807) is 12.1 Å². The van der Waals surface area contributed by atoms with Gasteiger partial charge in [0.1, 0.15) is 5.82 Å². The van der Waals surface area contributed by atoms with Crippen LogP contribution in [-0.2, 0) is 6.42 Å². The number of carboxylic acids is 1. The number of carbonyl (C=O) groups is 1. The molecule has 4 heteroatoms. The number of pyridine rings is 1. The van der Waals surface area contributed by atoms with Gasteiger partial charge >= 0.3 is 5.97 Å². The molecule has 0 amide bonds. The van der Waals surface area contributed by atoms with E-state index in [0.29, 0.717) is 23.4 Å². The van der Waals surface area contributed by atoms with Crippen molar-refractivity contribution in [2.45, 2.75) is 46.6 Å². The molecule has 3 atom stereocenters. The summed E-state index contributed by atoms with van der Waals surface area (Å²) in [6.07, 6.45) is 1.97. The Balaban J connectivity index is 2.39. The van der Waals surface area contributed by atoms with Crippen LogP contribution in [0.5, 0.6) is 0 Å². The van der Waals surface area contributed by atoms with Crippen molar-refractivity contribution in [1.82, 2.24) is 4.98 Å². The smallest absolute Gasteiger partial charge is 0.335 e. The summed E-state index contributed by atoms with van der Waals surface area (Å²) in [7, 11) is 0. The monoisotopic (exact) mass is 276 g/mol. The number of piperidine rings is 1. The number of aromatic nitrogens is 1. The standard InChI is InChI=1S/C16H24N2O2/c1-5-14-7-13(16(19)20)8-15(17-14)18-9-10(2)6-11(3)12(18)4/h7-8,10-12H,5-6,9H2,1-4H3,(H,19,20). The normalized spacial score (nSPS) is 26.6. The van der Waals surface area contributed by atoms with Crippen LogP contribution in [0.25, 0.3) is 0 Å². The summed E-state index contributed by atoms with van der Waals surface area (Å²) < 4.78 is 0. The zero-order valence-corrected chi connectivity index (χ0v) is 12.8. The lowest BCUT2D eigenvalue weighted by Crippen LogP contribution is -2.46. The van der Waals surface area contributed by atoms with Gasteiger partial charge < -0.3 is 10.0 Å². The number of aromatic carboxylic acids is 1. The van der Waals surface area contributed by atoms with Gasteiger partial charge in [0.2, 0.25) is 0 Å². The molecule has 0 bridgehead atoms. The second-order valence-corrected chi connectivity index (χ2v) is 6.08. The Hall–Kier alpha value is -1.58. The molecule has 1 saturated heterocycles. The summed E-state index contributed by atoms with van der Waals surface area (Å²) in [6.45, 7) is 9.66. The fourth-order valence-electron chi connectivity index (χ4n) is 3.04. The van der Waals surface area contributed by atoms with Crippen molar-refractivity contribution >= 4 is 11.8 Å². The molecule has 1 fully saturated rings. The largest absolute Gasteiger partial charge is 0.478 e. The first-order valence-electron chi connectivity index (χ1n) is 7.43. The minimum atomic E-state index is -0.880. The molecule has 0 aliphatic carbocycles. The molecule has 2 heterocycles. The van der Waals surface area contributed by atoms with E-state index >= 15 is 0 Å². The van der Waals surface area contributed by atoms with Crippen molar-refractivity contribution in [2.24, 2.45) is 11.8 Å². The predicted octanol–water partition coefficient (Wildman–Crippen LogP) is 3.21. The van der Waals surface area contributed by atoms with Gasteiger partial charge in [0.25, 0.3) is 0 Å². The van der Waals surface area contributed by atoms with Crippen molar-refractivity contribution in [2.75, 3.05) is 11.4 Å². The molecule has 1 aromatic rings. The number of rotatable bonds is 3. The Morgan fingerprint density at radius 1 is 1.40 bits per heavy atom. The van der Waals surface area contributed by atoms with E-state index in [1.807, 2.05) is 6.92 Å². The maximum Gasteiger partial charge on any atom is 0.335 e. The summed E-state index contributed by atoms with van der Waals surface area (Å²) in [6, 6.07) is 3.78. The van der Waals surface area contributed by atoms with Gasteiger partial charge in [0.15, 0.2) is 0 Å². The summed E-state index contributed by atoms with van der Waals surface area (Å²) in [5, 5.41) is 9.25. The van der Waals surface area contributed by atoms with Crippen LogP contribution in [0.1, 0.15) is 50.2 Å². The minimum Gasteiger partial charge on any atom is -0.478 e.